The lowest BCUT2D eigenvalue weighted by Crippen LogP contribution is -2.50. The van der Waals surface area contributed by atoms with Gasteiger partial charge in [0, 0.05) is 10.9 Å². The van der Waals surface area contributed by atoms with Crippen LogP contribution < -0.4 is 5.73 Å². The molecule has 0 amide bonds. The quantitative estimate of drug-likeness (QED) is 0.828. The molecule has 112 valence electrons. The largest absolute Gasteiger partial charge is 0.461 e. The van der Waals surface area contributed by atoms with Crippen LogP contribution in [0.4, 0.5) is 4.39 Å². The highest BCUT2D eigenvalue weighted by Gasteiger charge is 2.43. The monoisotopic (exact) mass is 345 g/mol. The van der Waals surface area contributed by atoms with Gasteiger partial charge in [0.15, 0.2) is 0 Å². The third-order valence-electron chi connectivity index (χ3n) is 2.77. The Bertz CT molecular complexity index is 468. The van der Waals surface area contributed by atoms with Crippen LogP contribution >= 0.6 is 15.9 Å². The number of esters is 1. The average Bonchev–Trinajstić information content (AvgIpc) is 2.26. The van der Waals surface area contributed by atoms with E-state index in [-0.39, 0.29) is 12.5 Å². The molecule has 1 atom stereocenters. The molecule has 20 heavy (non-hydrogen) atoms. The molecule has 0 fully saturated rings. The van der Waals surface area contributed by atoms with Crippen LogP contribution in [-0.4, -0.2) is 17.7 Å². The number of rotatable bonds is 5. The summed E-state index contributed by atoms with van der Waals surface area (Å²) >= 11 is 3.32. The molecule has 3 nitrogen and oxygen atoms in total. The van der Waals surface area contributed by atoms with Crippen molar-refractivity contribution in [2.75, 3.05) is 0 Å². The summed E-state index contributed by atoms with van der Waals surface area (Å²) in [5.74, 6) is -0.611. The molecular weight excluding hydrogens is 325 g/mol. The Balaban J connectivity index is 3.19. The standard InChI is InChI=1S/C15H21BrFNO2/c1-10(2)20-13(19)15(18,9-14(3,4)17)11-5-7-12(16)8-6-11/h5-8,10H,9,18H2,1-4H3. The SMILES string of the molecule is CC(C)OC(=O)C(N)(CC(C)(C)F)c1ccc(Br)cc1. The molecule has 2 N–H and O–H groups in total. The first-order chi connectivity index (χ1) is 9.04. The van der Waals surface area contributed by atoms with Gasteiger partial charge in [-0.25, -0.2) is 9.18 Å². The summed E-state index contributed by atoms with van der Waals surface area (Å²) in [6, 6.07) is 6.95. The summed E-state index contributed by atoms with van der Waals surface area (Å²) < 4.78 is 20.1. The third kappa shape index (κ3) is 4.56. The zero-order valence-electron chi connectivity index (χ0n) is 12.2. The smallest absolute Gasteiger partial charge is 0.331 e. The molecule has 0 aliphatic heterocycles. The number of hydrogen-bond donors (Lipinski definition) is 1. The molecule has 0 bridgehead atoms. The van der Waals surface area contributed by atoms with Crippen LogP contribution in [0.5, 0.6) is 0 Å². The topological polar surface area (TPSA) is 52.3 Å². The van der Waals surface area contributed by atoms with E-state index in [1.807, 2.05) is 0 Å². The summed E-state index contributed by atoms with van der Waals surface area (Å²) in [7, 11) is 0. The van der Waals surface area contributed by atoms with Gasteiger partial charge in [-0.3, -0.25) is 0 Å². The Labute approximate surface area is 127 Å². The highest BCUT2D eigenvalue weighted by atomic mass is 79.9. The molecule has 0 spiro atoms. The van der Waals surface area contributed by atoms with Crippen molar-refractivity contribution in [2.45, 2.75) is 51.4 Å². The van der Waals surface area contributed by atoms with Gasteiger partial charge in [0.1, 0.15) is 11.2 Å². The van der Waals surface area contributed by atoms with Crippen molar-refractivity contribution in [3.63, 3.8) is 0 Å². The van der Waals surface area contributed by atoms with E-state index in [0.29, 0.717) is 5.56 Å². The van der Waals surface area contributed by atoms with Gasteiger partial charge in [-0.15, -0.1) is 0 Å². The summed E-state index contributed by atoms with van der Waals surface area (Å²) in [5.41, 5.74) is 3.67. The van der Waals surface area contributed by atoms with Crippen LogP contribution in [0.2, 0.25) is 0 Å². The number of alkyl halides is 1. The molecule has 5 heteroatoms. The first-order valence-electron chi connectivity index (χ1n) is 6.49. The number of carbonyl (C=O) groups excluding carboxylic acids is 1. The van der Waals surface area contributed by atoms with Gasteiger partial charge in [0.25, 0.3) is 0 Å². The van der Waals surface area contributed by atoms with Crippen molar-refractivity contribution >= 4 is 21.9 Å². The van der Waals surface area contributed by atoms with Gasteiger partial charge in [-0.05, 0) is 45.4 Å². The van der Waals surface area contributed by atoms with Gasteiger partial charge in [0.2, 0.25) is 0 Å². The summed E-state index contributed by atoms with van der Waals surface area (Å²) in [5, 5.41) is 0. The predicted octanol–water partition coefficient (Wildman–Crippen LogP) is 3.69. The Morgan fingerprint density at radius 3 is 2.25 bits per heavy atom. The summed E-state index contributed by atoms with van der Waals surface area (Å²) in [6.07, 6.45) is -0.448. The second-order valence-corrected chi connectivity index (χ2v) is 6.74. The summed E-state index contributed by atoms with van der Waals surface area (Å²) in [6.45, 7) is 6.27. The van der Waals surface area contributed by atoms with Crippen molar-refractivity contribution in [2.24, 2.45) is 5.73 Å². The number of carbonyl (C=O) groups is 1. The lowest BCUT2D eigenvalue weighted by molar-refractivity contribution is -0.156. The minimum absolute atomic E-state index is 0.146. The zero-order valence-corrected chi connectivity index (χ0v) is 13.8. The molecule has 1 aromatic rings. The number of ether oxygens (including phenoxy) is 1. The Morgan fingerprint density at radius 1 is 1.35 bits per heavy atom. The van der Waals surface area contributed by atoms with Crippen molar-refractivity contribution < 1.29 is 13.9 Å². The Hall–Kier alpha value is -0.940. The molecule has 1 aromatic carbocycles. The van der Waals surface area contributed by atoms with Gasteiger partial charge in [-0.1, -0.05) is 28.1 Å². The maximum absolute atomic E-state index is 14.0. The van der Waals surface area contributed by atoms with E-state index < -0.39 is 17.2 Å². The predicted molar refractivity (Wildman–Crippen MR) is 81.0 cm³/mol. The molecule has 0 heterocycles. The molecule has 1 unspecified atom stereocenters. The van der Waals surface area contributed by atoms with Crippen LogP contribution in [0.15, 0.2) is 28.7 Å². The van der Waals surface area contributed by atoms with E-state index in [1.54, 1.807) is 38.1 Å². The first kappa shape index (κ1) is 17.1. The van der Waals surface area contributed by atoms with E-state index in [9.17, 15) is 9.18 Å². The normalized spacial score (nSPS) is 15.0. The molecule has 0 radical (unpaired) electrons. The van der Waals surface area contributed by atoms with Crippen LogP contribution in [0.3, 0.4) is 0 Å². The fraction of sp³-hybridized carbons (Fsp3) is 0.533. The molecule has 0 aliphatic rings. The van der Waals surface area contributed by atoms with Crippen LogP contribution in [-0.2, 0) is 15.1 Å². The number of hydrogen-bond acceptors (Lipinski definition) is 3. The van der Waals surface area contributed by atoms with Crippen molar-refractivity contribution in [1.29, 1.82) is 0 Å². The fourth-order valence-corrected chi connectivity index (χ4v) is 2.29. The lowest BCUT2D eigenvalue weighted by Gasteiger charge is -2.32. The molecule has 0 aliphatic carbocycles. The number of halogens is 2. The van der Waals surface area contributed by atoms with Crippen molar-refractivity contribution in [3.05, 3.63) is 34.3 Å². The molecule has 1 rings (SSSR count). The van der Waals surface area contributed by atoms with Gasteiger partial charge in [-0.2, -0.15) is 0 Å². The second-order valence-electron chi connectivity index (χ2n) is 5.83. The van der Waals surface area contributed by atoms with Crippen LogP contribution in [0.1, 0.15) is 39.7 Å². The van der Waals surface area contributed by atoms with Gasteiger partial charge >= 0.3 is 5.97 Å². The van der Waals surface area contributed by atoms with E-state index in [0.717, 1.165) is 4.47 Å². The van der Waals surface area contributed by atoms with Crippen LogP contribution in [0.25, 0.3) is 0 Å². The zero-order chi connectivity index (χ0) is 15.6. The summed E-state index contributed by atoms with van der Waals surface area (Å²) in [4.78, 5) is 12.3. The van der Waals surface area contributed by atoms with Crippen molar-refractivity contribution in [1.82, 2.24) is 0 Å². The fourth-order valence-electron chi connectivity index (χ4n) is 2.02. The highest BCUT2D eigenvalue weighted by molar-refractivity contribution is 9.10. The maximum atomic E-state index is 14.0. The average molecular weight is 346 g/mol. The number of nitrogens with two attached hydrogens (primary N) is 1. The second kappa shape index (κ2) is 6.22. The van der Waals surface area contributed by atoms with E-state index >= 15 is 0 Å². The van der Waals surface area contributed by atoms with Gasteiger partial charge < -0.3 is 10.5 Å². The Morgan fingerprint density at radius 2 is 1.85 bits per heavy atom. The molecule has 0 saturated carbocycles. The minimum atomic E-state index is -1.59. The highest BCUT2D eigenvalue weighted by Crippen LogP contribution is 2.32. The first-order valence-corrected chi connectivity index (χ1v) is 7.29. The maximum Gasteiger partial charge on any atom is 0.331 e. The van der Waals surface area contributed by atoms with E-state index in [4.69, 9.17) is 10.5 Å². The lowest BCUT2D eigenvalue weighted by atomic mass is 9.82. The van der Waals surface area contributed by atoms with Gasteiger partial charge in [0.05, 0.1) is 6.10 Å². The van der Waals surface area contributed by atoms with Crippen molar-refractivity contribution in [3.8, 4) is 0 Å². The third-order valence-corrected chi connectivity index (χ3v) is 3.29. The van der Waals surface area contributed by atoms with Crippen LogP contribution in [0, 0.1) is 0 Å². The van der Waals surface area contributed by atoms with E-state index in [2.05, 4.69) is 15.9 Å². The molecular formula is C15H21BrFNO2. The molecule has 0 saturated heterocycles. The van der Waals surface area contributed by atoms with E-state index in [1.165, 1.54) is 13.8 Å². The number of benzene rings is 1. The molecule has 0 aromatic heterocycles. The minimum Gasteiger partial charge on any atom is -0.461 e. The Kier molecular flexibility index (Phi) is 5.33.